The van der Waals surface area contributed by atoms with Gasteiger partial charge in [-0.25, -0.2) is 0 Å². The third-order valence-corrected chi connectivity index (χ3v) is 1.60. The van der Waals surface area contributed by atoms with Crippen LogP contribution < -0.4 is 5.73 Å². The molecule has 0 aromatic carbocycles. The van der Waals surface area contributed by atoms with Gasteiger partial charge in [0.1, 0.15) is 5.69 Å². The number of hydrogen-bond donors (Lipinski definition) is 1. The number of primary amides is 1. The lowest BCUT2D eigenvalue weighted by atomic mass is 10.4. The summed E-state index contributed by atoms with van der Waals surface area (Å²) in [4.78, 5) is 10.7. The molecule has 0 unspecified atom stereocenters. The van der Waals surface area contributed by atoms with Gasteiger partial charge in [-0.05, 0) is 6.92 Å². The Morgan fingerprint density at radius 2 is 2.55 bits per heavy atom. The topological polar surface area (TPSA) is 60.9 Å². The molecule has 0 aliphatic carbocycles. The van der Waals surface area contributed by atoms with Gasteiger partial charge in [-0.1, -0.05) is 11.6 Å². The van der Waals surface area contributed by atoms with Crippen LogP contribution in [-0.2, 0) is 6.54 Å². The van der Waals surface area contributed by atoms with Crippen molar-refractivity contribution in [1.82, 2.24) is 9.78 Å². The molecule has 1 aromatic heterocycles. The molecule has 0 fully saturated rings. The van der Waals surface area contributed by atoms with E-state index in [4.69, 9.17) is 17.3 Å². The predicted octanol–water partition coefficient (Wildman–Crippen LogP) is 0.655. The maximum absolute atomic E-state index is 10.7. The fourth-order valence-corrected chi connectivity index (χ4v) is 1.08. The van der Waals surface area contributed by atoms with Crippen molar-refractivity contribution in [2.24, 2.45) is 5.73 Å². The molecule has 0 aliphatic heterocycles. The quantitative estimate of drug-likeness (QED) is 0.714. The maximum atomic E-state index is 10.7. The summed E-state index contributed by atoms with van der Waals surface area (Å²) in [5.74, 6) is -0.547. The lowest BCUT2D eigenvalue weighted by Crippen LogP contribution is -2.17. The molecule has 11 heavy (non-hydrogen) atoms. The van der Waals surface area contributed by atoms with Gasteiger partial charge in [0.05, 0.1) is 11.2 Å². The molecule has 0 radical (unpaired) electrons. The molecule has 1 rings (SSSR count). The number of carbonyl (C=O) groups excluding carboxylic acids is 1. The van der Waals surface area contributed by atoms with E-state index in [1.165, 1.54) is 10.9 Å². The van der Waals surface area contributed by atoms with Crippen molar-refractivity contribution in [2.45, 2.75) is 13.5 Å². The van der Waals surface area contributed by atoms with Crippen LogP contribution in [0.1, 0.15) is 17.4 Å². The molecular formula is C6H8ClN3O. The van der Waals surface area contributed by atoms with Gasteiger partial charge in [0.25, 0.3) is 5.91 Å². The second kappa shape index (κ2) is 2.92. The number of aryl methyl sites for hydroxylation is 1. The van der Waals surface area contributed by atoms with Gasteiger partial charge >= 0.3 is 0 Å². The van der Waals surface area contributed by atoms with Gasteiger partial charge in [0.2, 0.25) is 0 Å². The largest absolute Gasteiger partial charge is 0.364 e. The van der Waals surface area contributed by atoms with Crippen LogP contribution >= 0.6 is 11.6 Å². The number of carbonyl (C=O) groups is 1. The van der Waals surface area contributed by atoms with Gasteiger partial charge < -0.3 is 5.73 Å². The van der Waals surface area contributed by atoms with Crippen LogP contribution in [0.3, 0.4) is 0 Å². The van der Waals surface area contributed by atoms with Gasteiger partial charge in [-0.15, -0.1) is 0 Å². The second-order valence-electron chi connectivity index (χ2n) is 2.02. The van der Waals surface area contributed by atoms with E-state index in [2.05, 4.69) is 5.10 Å². The SMILES string of the molecule is CCn1ncc(Cl)c1C(N)=O. The van der Waals surface area contributed by atoms with Crippen molar-refractivity contribution in [3.8, 4) is 0 Å². The minimum absolute atomic E-state index is 0.272. The van der Waals surface area contributed by atoms with Crippen LogP contribution in [0, 0.1) is 0 Å². The van der Waals surface area contributed by atoms with Crippen LogP contribution in [0.25, 0.3) is 0 Å². The smallest absolute Gasteiger partial charge is 0.268 e. The van der Waals surface area contributed by atoms with Gasteiger partial charge in [-0.3, -0.25) is 9.48 Å². The summed E-state index contributed by atoms with van der Waals surface area (Å²) in [7, 11) is 0. The molecule has 1 amide bonds. The fourth-order valence-electron chi connectivity index (χ4n) is 0.847. The van der Waals surface area contributed by atoms with Crippen LogP contribution in [0.15, 0.2) is 6.20 Å². The van der Waals surface area contributed by atoms with E-state index in [0.29, 0.717) is 11.6 Å². The van der Waals surface area contributed by atoms with Gasteiger partial charge in [-0.2, -0.15) is 5.10 Å². The maximum Gasteiger partial charge on any atom is 0.268 e. The van der Waals surface area contributed by atoms with Crippen molar-refractivity contribution in [3.05, 3.63) is 16.9 Å². The van der Waals surface area contributed by atoms with E-state index in [0.717, 1.165) is 0 Å². The molecule has 60 valence electrons. The Morgan fingerprint density at radius 1 is 1.91 bits per heavy atom. The van der Waals surface area contributed by atoms with Crippen molar-refractivity contribution in [2.75, 3.05) is 0 Å². The van der Waals surface area contributed by atoms with E-state index in [1.54, 1.807) is 0 Å². The molecule has 0 spiro atoms. The summed E-state index contributed by atoms with van der Waals surface area (Å²) in [6.45, 7) is 2.45. The number of nitrogens with two attached hydrogens (primary N) is 1. The van der Waals surface area contributed by atoms with Crippen molar-refractivity contribution >= 4 is 17.5 Å². The Hall–Kier alpha value is -1.03. The molecule has 0 saturated carbocycles. The number of aromatic nitrogens is 2. The molecule has 0 atom stereocenters. The van der Waals surface area contributed by atoms with Crippen LogP contribution in [0.5, 0.6) is 0 Å². The van der Waals surface area contributed by atoms with E-state index >= 15 is 0 Å². The molecular weight excluding hydrogens is 166 g/mol. The highest BCUT2D eigenvalue weighted by Gasteiger charge is 2.12. The minimum atomic E-state index is -0.547. The molecule has 1 heterocycles. The van der Waals surface area contributed by atoms with Crippen LogP contribution in [0.2, 0.25) is 5.02 Å². The van der Waals surface area contributed by atoms with Gasteiger partial charge in [0.15, 0.2) is 0 Å². The fraction of sp³-hybridized carbons (Fsp3) is 0.333. The summed E-state index contributed by atoms with van der Waals surface area (Å²) in [6.07, 6.45) is 1.41. The molecule has 0 saturated heterocycles. The summed E-state index contributed by atoms with van der Waals surface area (Å²) in [5, 5.41) is 4.14. The van der Waals surface area contributed by atoms with E-state index < -0.39 is 5.91 Å². The number of amides is 1. The average Bonchev–Trinajstić information content (AvgIpc) is 2.30. The molecule has 5 heteroatoms. The van der Waals surface area contributed by atoms with E-state index in [-0.39, 0.29) is 5.69 Å². The first kappa shape index (κ1) is 8.07. The Balaban J connectivity index is 3.17. The van der Waals surface area contributed by atoms with Gasteiger partial charge in [0, 0.05) is 6.54 Å². The monoisotopic (exact) mass is 173 g/mol. The number of halogens is 1. The predicted molar refractivity (Wildman–Crippen MR) is 41.4 cm³/mol. The second-order valence-corrected chi connectivity index (χ2v) is 2.43. The lowest BCUT2D eigenvalue weighted by Gasteiger charge is -1.98. The summed E-state index contributed by atoms with van der Waals surface area (Å²) >= 11 is 5.63. The first-order valence-corrected chi connectivity index (χ1v) is 3.55. The highest BCUT2D eigenvalue weighted by molar-refractivity contribution is 6.33. The summed E-state index contributed by atoms with van der Waals surface area (Å²) in [5.41, 5.74) is 5.32. The van der Waals surface area contributed by atoms with Crippen LogP contribution in [-0.4, -0.2) is 15.7 Å². The molecule has 1 aromatic rings. The standard InChI is InChI=1S/C6H8ClN3O/c1-2-10-5(6(8)11)4(7)3-9-10/h3H,2H2,1H3,(H2,8,11). The lowest BCUT2D eigenvalue weighted by molar-refractivity contribution is 0.0990. The van der Waals surface area contributed by atoms with E-state index in [1.807, 2.05) is 6.92 Å². The molecule has 4 nitrogen and oxygen atoms in total. The summed E-state index contributed by atoms with van der Waals surface area (Å²) in [6, 6.07) is 0. The first-order valence-electron chi connectivity index (χ1n) is 3.18. The first-order chi connectivity index (χ1) is 5.16. The zero-order valence-electron chi connectivity index (χ0n) is 6.04. The van der Waals surface area contributed by atoms with Crippen molar-refractivity contribution in [3.63, 3.8) is 0 Å². The summed E-state index contributed by atoms with van der Waals surface area (Å²) < 4.78 is 1.46. The number of hydrogen-bond acceptors (Lipinski definition) is 2. The zero-order valence-corrected chi connectivity index (χ0v) is 6.80. The average molecular weight is 174 g/mol. The van der Waals surface area contributed by atoms with Crippen molar-refractivity contribution in [1.29, 1.82) is 0 Å². The molecule has 2 N–H and O–H groups in total. The Bertz CT molecular complexity index is 281. The number of rotatable bonds is 2. The minimum Gasteiger partial charge on any atom is -0.364 e. The molecule has 0 bridgehead atoms. The van der Waals surface area contributed by atoms with Crippen LogP contribution in [0.4, 0.5) is 0 Å². The highest BCUT2D eigenvalue weighted by Crippen LogP contribution is 2.13. The Morgan fingerprint density at radius 3 is 2.91 bits per heavy atom. The zero-order chi connectivity index (χ0) is 8.43. The Labute approximate surface area is 68.9 Å². The van der Waals surface area contributed by atoms with Crippen molar-refractivity contribution < 1.29 is 4.79 Å². The van der Waals surface area contributed by atoms with E-state index in [9.17, 15) is 4.79 Å². The Kier molecular flexibility index (Phi) is 2.14. The number of nitrogens with zero attached hydrogens (tertiary/aromatic N) is 2. The normalized spacial score (nSPS) is 10.0. The third kappa shape index (κ3) is 1.35. The third-order valence-electron chi connectivity index (χ3n) is 1.33. The molecule has 0 aliphatic rings. The highest BCUT2D eigenvalue weighted by atomic mass is 35.5.